The van der Waals surface area contributed by atoms with Crippen molar-refractivity contribution in [2.45, 2.75) is 24.5 Å². The molecule has 0 aromatic carbocycles. The molecule has 2 unspecified atom stereocenters. The van der Waals surface area contributed by atoms with Gasteiger partial charge in [-0.2, -0.15) is 0 Å². The second-order valence-electron chi connectivity index (χ2n) is 5.47. The van der Waals surface area contributed by atoms with Crippen molar-refractivity contribution in [3.63, 3.8) is 0 Å². The molecule has 5 N–H and O–H groups in total. The van der Waals surface area contributed by atoms with Gasteiger partial charge in [-0.25, -0.2) is 15.0 Å². The summed E-state index contributed by atoms with van der Waals surface area (Å²) < 4.78 is 12.4. The second kappa shape index (κ2) is 5.53. The summed E-state index contributed by atoms with van der Waals surface area (Å²) in [7, 11) is 0. The molecule has 0 radical (unpaired) electrons. The van der Waals surface area contributed by atoms with Gasteiger partial charge in [0.05, 0.1) is 23.8 Å². The minimum absolute atomic E-state index is 0.221. The summed E-state index contributed by atoms with van der Waals surface area (Å²) in [5, 5.41) is 30.0. The molecule has 0 bridgehead atoms. The molecule has 0 saturated carbocycles. The first-order valence-corrected chi connectivity index (χ1v) is 7.25. The molecular weight excluding hydrogens is 318 g/mol. The van der Waals surface area contributed by atoms with E-state index in [2.05, 4.69) is 15.0 Å². The number of anilines is 1. The van der Waals surface area contributed by atoms with Crippen LogP contribution in [0.2, 0.25) is 0 Å². The van der Waals surface area contributed by atoms with Crippen molar-refractivity contribution in [2.24, 2.45) is 0 Å². The molecule has 3 aromatic rings. The molecule has 0 spiro atoms. The maximum atomic E-state index is 10.3. The van der Waals surface area contributed by atoms with Crippen molar-refractivity contribution in [1.29, 1.82) is 0 Å². The molecule has 4 atom stereocenters. The molecule has 10 heteroatoms. The Morgan fingerprint density at radius 3 is 2.71 bits per heavy atom. The van der Waals surface area contributed by atoms with Crippen molar-refractivity contribution >= 4 is 16.9 Å². The van der Waals surface area contributed by atoms with E-state index in [1.165, 1.54) is 23.4 Å². The average molecular weight is 333 g/mol. The molecule has 126 valence electrons. The summed E-state index contributed by atoms with van der Waals surface area (Å²) in [4.78, 5) is 12.3. The fourth-order valence-electron chi connectivity index (χ4n) is 2.93. The number of ether oxygens (including phenoxy) is 1. The second-order valence-corrected chi connectivity index (χ2v) is 5.47. The standard InChI is InChI=1S/C14H15N5O5/c15-11-8-6(13-16-1-2-23-13)3-19(12(8)18-5-17-11)14-10(22)9(21)7(4-20)24-14/h1-3,5,7,9-10,14,20-22H,4H2,(H2,15,17,18)/t7?,9-,10-,14?/m1/s1. The third-order valence-corrected chi connectivity index (χ3v) is 4.09. The zero-order valence-corrected chi connectivity index (χ0v) is 12.4. The SMILES string of the molecule is Nc1ncnc2c1c(-c1ncco1)cn2C1OC(CO)[C@@H](O)[C@H]1O. The highest BCUT2D eigenvalue weighted by molar-refractivity contribution is 5.98. The predicted octanol–water partition coefficient (Wildman–Crippen LogP) is -0.720. The van der Waals surface area contributed by atoms with E-state index < -0.39 is 31.1 Å². The van der Waals surface area contributed by atoms with Crippen LogP contribution in [0, 0.1) is 0 Å². The minimum atomic E-state index is -1.24. The first kappa shape index (κ1) is 15.0. The monoisotopic (exact) mass is 333 g/mol. The lowest BCUT2D eigenvalue weighted by Crippen LogP contribution is -2.33. The summed E-state index contributed by atoms with van der Waals surface area (Å²) >= 11 is 0. The third-order valence-electron chi connectivity index (χ3n) is 4.09. The van der Waals surface area contributed by atoms with Crippen LogP contribution in [0.3, 0.4) is 0 Å². The number of rotatable bonds is 3. The smallest absolute Gasteiger partial charge is 0.228 e. The Bertz CT molecular complexity index is 864. The largest absolute Gasteiger partial charge is 0.444 e. The Hall–Kier alpha value is -2.53. The number of oxazole rings is 1. The summed E-state index contributed by atoms with van der Waals surface area (Å²) in [5.74, 6) is 0.533. The van der Waals surface area contributed by atoms with Gasteiger partial charge in [-0.3, -0.25) is 0 Å². The maximum absolute atomic E-state index is 10.3. The van der Waals surface area contributed by atoms with Crippen LogP contribution in [0.1, 0.15) is 6.23 Å². The summed E-state index contributed by atoms with van der Waals surface area (Å²) in [5.41, 5.74) is 6.89. The van der Waals surface area contributed by atoms with Gasteiger partial charge >= 0.3 is 0 Å². The number of aliphatic hydroxyl groups excluding tert-OH is 3. The predicted molar refractivity (Wildman–Crippen MR) is 80.4 cm³/mol. The van der Waals surface area contributed by atoms with Gasteiger partial charge in [-0.05, 0) is 0 Å². The van der Waals surface area contributed by atoms with Crippen LogP contribution in [-0.4, -0.2) is 59.8 Å². The van der Waals surface area contributed by atoms with Gasteiger partial charge in [0.25, 0.3) is 0 Å². The van der Waals surface area contributed by atoms with E-state index in [1.54, 1.807) is 6.20 Å². The van der Waals surface area contributed by atoms with Crippen LogP contribution in [0.25, 0.3) is 22.5 Å². The highest BCUT2D eigenvalue weighted by atomic mass is 16.6. The van der Waals surface area contributed by atoms with Gasteiger partial charge in [0.1, 0.15) is 42.4 Å². The van der Waals surface area contributed by atoms with E-state index in [4.69, 9.17) is 14.9 Å². The van der Waals surface area contributed by atoms with Gasteiger partial charge in [0.2, 0.25) is 5.89 Å². The average Bonchev–Trinajstić information content (AvgIpc) is 3.28. The molecular formula is C14H15N5O5. The Kier molecular flexibility index (Phi) is 3.46. The highest BCUT2D eigenvalue weighted by Crippen LogP contribution is 2.37. The fraction of sp³-hybridized carbons (Fsp3) is 0.357. The van der Waals surface area contributed by atoms with Crippen molar-refractivity contribution < 1.29 is 24.5 Å². The van der Waals surface area contributed by atoms with Gasteiger partial charge in [-0.15, -0.1) is 0 Å². The highest BCUT2D eigenvalue weighted by Gasteiger charge is 2.44. The lowest BCUT2D eigenvalue weighted by atomic mass is 10.1. The number of aromatic nitrogens is 4. The molecule has 1 aliphatic rings. The van der Waals surface area contributed by atoms with E-state index in [-0.39, 0.29) is 5.82 Å². The minimum Gasteiger partial charge on any atom is -0.444 e. The first-order valence-electron chi connectivity index (χ1n) is 7.25. The van der Waals surface area contributed by atoms with Gasteiger partial charge in [-0.1, -0.05) is 0 Å². The first-order chi connectivity index (χ1) is 11.6. The van der Waals surface area contributed by atoms with Gasteiger partial charge < -0.3 is 34.8 Å². The van der Waals surface area contributed by atoms with Crippen LogP contribution < -0.4 is 5.73 Å². The van der Waals surface area contributed by atoms with Crippen molar-refractivity contribution in [1.82, 2.24) is 19.5 Å². The van der Waals surface area contributed by atoms with Crippen molar-refractivity contribution in [3.05, 3.63) is 25.0 Å². The molecule has 1 aliphatic heterocycles. The number of hydrogen-bond acceptors (Lipinski definition) is 9. The molecule has 4 heterocycles. The molecule has 24 heavy (non-hydrogen) atoms. The zero-order chi connectivity index (χ0) is 16.8. The van der Waals surface area contributed by atoms with Crippen molar-refractivity contribution in [3.8, 4) is 11.5 Å². The number of nitrogens with two attached hydrogens (primary N) is 1. The van der Waals surface area contributed by atoms with E-state index in [0.717, 1.165) is 0 Å². The number of fused-ring (bicyclic) bond motifs is 1. The molecule has 0 amide bonds. The molecule has 1 saturated heterocycles. The number of hydrogen-bond donors (Lipinski definition) is 4. The topological polar surface area (TPSA) is 153 Å². The summed E-state index contributed by atoms with van der Waals surface area (Å²) in [6, 6.07) is 0. The maximum Gasteiger partial charge on any atom is 0.228 e. The summed E-state index contributed by atoms with van der Waals surface area (Å²) in [6.45, 7) is -0.419. The number of nitrogen functional groups attached to an aromatic ring is 1. The normalized spacial score (nSPS) is 27.1. The van der Waals surface area contributed by atoms with Crippen LogP contribution in [0.5, 0.6) is 0 Å². The van der Waals surface area contributed by atoms with E-state index in [1.807, 2.05) is 0 Å². The van der Waals surface area contributed by atoms with Crippen LogP contribution in [0.15, 0.2) is 29.4 Å². The Morgan fingerprint density at radius 2 is 2.04 bits per heavy atom. The molecule has 3 aromatic heterocycles. The molecule has 0 aliphatic carbocycles. The molecule has 1 fully saturated rings. The molecule has 10 nitrogen and oxygen atoms in total. The number of nitrogens with zero attached hydrogens (tertiary/aromatic N) is 4. The van der Waals surface area contributed by atoms with Gasteiger partial charge in [0.15, 0.2) is 6.23 Å². The van der Waals surface area contributed by atoms with E-state index >= 15 is 0 Å². The van der Waals surface area contributed by atoms with E-state index in [0.29, 0.717) is 22.5 Å². The fourth-order valence-corrected chi connectivity index (χ4v) is 2.93. The molecule has 4 rings (SSSR count). The lowest BCUT2D eigenvalue weighted by molar-refractivity contribution is -0.0508. The Labute approximate surface area is 135 Å². The third kappa shape index (κ3) is 2.08. The van der Waals surface area contributed by atoms with Crippen LogP contribution in [-0.2, 0) is 4.74 Å². The zero-order valence-electron chi connectivity index (χ0n) is 12.4. The van der Waals surface area contributed by atoms with E-state index in [9.17, 15) is 15.3 Å². The van der Waals surface area contributed by atoms with Crippen LogP contribution >= 0.6 is 0 Å². The quantitative estimate of drug-likeness (QED) is 0.486. The van der Waals surface area contributed by atoms with Crippen molar-refractivity contribution in [2.75, 3.05) is 12.3 Å². The van der Waals surface area contributed by atoms with Gasteiger partial charge in [0, 0.05) is 6.20 Å². The Balaban J connectivity index is 1.90. The lowest BCUT2D eigenvalue weighted by Gasteiger charge is -2.17. The Morgan fingerprint density at radius 1 is 1.21 bits per heavy atom. The number of aliphatic hydroxyl groups is 3. The van der Waals surface area contributed by atoms with Crippen LogP contribution in [0.4, 0.5) is 5.82 Å². The summed E-state index contributed by atoms with van der Waals surface area (Å²) in [6.07, 6.45) is 1.50.